The molecule has 1 aromatic heterocycles. The molecule has 0 fully saturated rings. The maximum absolute atomic E-state index is 4.40. The zero-order chi connectivity index (χ0) is 14.4. The summed E-state index contributed by atoms with van der Waals surface area (Å²) in [6, 6.07) is 11.0. The minimum absolute atomic E-state index is 0.343. The number of benzene rings is 1. The van der Waals surface area contributed by atoms with Gasteiger partial charge in [-0.15, -0.1) is 0 Å². The molecule has 4 heteroatoms. The van der Waals surface area contributed by atoms with Gasteiger partial charge >= 0.3 is 0 Å². The van der Waals surface area contributed by atoms with Crippen LogP contribution in [0, 0.1) is 0 Å². The Morgan fingerprint density at radius 3 is 2.70 bits per heavy atom. The molecule has 0 saturated carbocycles. The van der Waals surface area contributed by atoms with E-state index in [9.17, 15) is 0 Å². The van der Waals surface area contributed by atoms with E-state index < -0.39 is 0 Å². The lowest BCUT2D eigenvalue weighted by molar-refractivity contribution is 0.474. The van der Waals surface area contributed by atoms with E-state index in [1.54, 1.807) is 0 Å². The first-order valence-electron chi connectivity index (χ1n) is 7.18. The lowest BCUT2D eigenvalue weighted by Crippen LogP contribution is -2.21. The van der Waals surface area contributed by atoms with E-state index in [4.69, 9.17) is 0 Å². The van der Waals surface area contributed by atoms with Crippen molar-refractivity contribution < 1.29 is 0 Å². The number of aromatic nitrogens is 2. The van der Waals surface area contributed by atoms with Gasteiger partial charge in [-0.05, 0) is 54.7 Å². The van der Waals surface area contributed by atoms with Crippen LogP contribution < -0.4 is 5.32 Å². The number of hydrogen-bond acceptors (Lipinski definition) is 2. The number of nitrogens with one attached hydrogen (secondary N) is 1. The van der Waals surface area contributed by atoms with Crippen LogP contribution in [-0.2, 0) is 13.0 Å². The van der Waals surface area contributed by atoms with Gasteiger partial charge in [0, 0.05) is 6.54 Å². The van der Waals surface area contributed by atoms with Crippen molar-refractivity contribution in [3.63, 3.8) is 0 Å². The normalized spacial score (nSPS) is 12.6. The lowest BCUT2D eigenvalue weighted by Gasteiger charge is -2.18. The summed E-state index contributed by atoms with van der Waals surface area (Å²) >= 11 is 3.61. The minimum atomic E-state index is 0.343. The quantitative estimate of drug-likeness (QED) is 0.830. The molecule has 1 heterocycles. The van der Waals surface area contributed by atoms with Gasteiger partial charge in [0.25, 0.3) is 0 Å². The second-order valence-electron chi connectivity index (χ2n) is 4.91. The van der Waals surface area contributed by atoms with Crippen LogP contribution in [0.5, 0.6) is 0 Å². The smallest absolute Gasteiger partial charge is 0.0695 e. The molecular formula is C16H22BrN3. The first-order chi connectivity index (χ1) is 9.76. The van der Waals surface area contributed by atoms with Crippen LogP contribution in [0.25, 0.3) is 0 Å². The fourth-order valence-corrected chi connectivity index (χ4v) is 3.12. The predicted octanol–water partition coefficient (Wildman–Crippen LogP) is 3.95. The number of aryl methyl sites for hydroxylation is 2. The van der Waals surface area contributed by atoms with Crippen LogP contribution in [0.4, 0.5) is 0 Å². The van der Waals surface area contributed by atoms with Crippen LogP contribution in [0.15, 0.2) is 41.0 Å². The molecule has 0 spiro atoms. The average molecular weight is 336 g/mol. The Balaban J connectivity index is 1.97. The molecule has 0 bridgehead atoms. The Morgan fingerprint density at radius 1 is 1.30 bits per heavy atom. The lowest BCUT2D eigenvalue weighted by atomic mass is 10.0. The third kappa shape index (κ3) is 3.70. The zero-order valence-corrected chi connectivity index (χ0v) is 13.7. The molecule has 1 N–H and O–H groups in total. The fourth-order valence-electron chi connectivity index (χ4n) is 2.54. The SMILES string of the molecule is CCn1ncc(Br)c1C(CCCc1ccccc1)NC. The molecule has 0 amide bonds. The van der Waals surface area contributed by atoms with Crippen molar-refractivity contribution >= 4 is 15.9 Å². The minimum Gasteiger partial charge on any atom is -0.312 e. The summed E-state index contributed by atoms with van der Waals surface area (Å²) in [5, 5.41) is 7.81. The van der Waals surface area contributed by atoms with Crippen molar-refractivity contribution in [2.75, 3.05) is 7.05 Å². The van der Waals surface area contributed by atoms with E-state index in [-0.39, 0.29) is 0 Å². The van der Waals surface area contributed by atoms with Crippen molar-refractivity contribution in [3.8, 4) is 0 Å². The highest BCUT2D eigenvalue weighted by Gasteiger charge is 2.17. The number of halogens is 1. The first-order valence-corrected chi connectivity index (χ1v) is 7.98. The summed E-state index contributed by atoms with van der Waals surface area (Å²) in [5.41, 5.74) is 2.66. The summed E-state index contributed by atoms with van der Waals surface area (Å²) in [6.45, 7) is 3.03. The van der Waals surface area contributed by atoms with Gasteiger partial charge in [0.15, 0.2) is 0 Å². The van der Waals surface area contributed by atoms with E-state index in [0.29, 0.717) is 6.04 Å². The number of nitrogens with zero attached hydrogens (tertiary/aromatic N) is 2. The van der Waals surface area contributed by atoms with E-state index in [1.165, 1.54) is 11.3 Å². The Labute approximate surface area is 129 Å². The summed E-state index contributed by atoms with van der Waals surface area (Å²) < 4.78 is 3.16. The van der Waals surface area contributed by atoms with Crippen molar-refractivity contribution in [2.24, 2.45) is 0 Å². The van der Waals surface area contributed by atoms with Crippen molar-refractivity contribution in [1.82, 2.24) is 15.1 Å². The molecule has 0 aliphatic heterocycles. The van der Waals surface area contributed by atoms with Crippen molar-refractivity contribution in [2.45, 2.75) is 38.8 Å². The summed E-state index contributed by atoms with van der Waals surface area (Å²) in [4.78, 5) is 0. The predicted molar refractivity (Wildman–Crippen MR) is 86.8 cm³/mol. The molecular weight excluding hydrogens is 314 g/mol. The Bertz CT molecular complexity index is 522. The molecule has 0 aliphatic rings. The topological polar surface area (TPSA) is 29.9 Å². The van der Waals surface area contributed by atoms with Crippen LogP contribution in [0.3, 0.4) is 0 Å². The van der Waals surface area contributed by atoms with Crippen LogP contribution in [0.2, 0.25) is 0 Å². The first kappa shape index (κ1) is 15.3. The zero-order valence-electron chi connectivity index (χ0n) is 12.1. The van der Waals surface area contributed by atoms with Gasteiger partial charge in [-0.2, -0.15) is 5.10 Å². The molecule has 108 valence electrons. The van der Waals surface area contributed by atoms with Gasteiger partial charge in [0.2, 0.25) is 0 Å². The summed E-state index contributed by atoms with van der Waals surface area (Å²) in [6.07, 6.45) is 5.28. The number of rotatable bonds is 7. The van der Waals surface area contributed by atoms with E-state index >= 15 is 0 Å². The van der Waals surface area contributed by atoms with E-state index in [1.807, 2.05) is 13.2 Å². The highest BCUT2D eigenvalue weighted by molar-refractivity contribution is 9.10. The van der Waals surface area contributed by atoms with E-state index in [2.05, 4.69) is 68.3 Å². The number of hydrogen-bond donors (Lipinski definition) is 1. The maximum Gasteiger partial charge on any atom is 0.0695 e. The highest BCUT2D eigenvalue weighted by atomic mass is 79.9. The largest absolute Gasteiger partial charge is 0.312 e. The monoisotopic (exact) mass is 335 g/mol. The van der Waals surface area contributed by atoms with E-state index in [0.717, 1.165) is 30.3 Å². The molecule has 0 radical (unpaired) electrons. The molecule has 0 saturated heterocycles. The Hall–Kier alpha value is -1.13. The second-order valence-corrected chi connectivity index (χ2v) is 5.77. The molecule has 1 unspecified atom stereocenters. The van der Waals surface area contributed by atoms with Crippen LogP contribution in [-0.4, -0.2) is 16.8 Å². The van der Waals surface area contributed by atoms with Gasteiger partial charge in [0.1, 0.15) is 0 Å². The second kappa shape index (κ2) is 7.60. The molecule has 0 aliphatic carbocycles. The van der Waals surface area contributed by atoms with Crippen molar-refractivity contribution in [1.29, 1.82) is 0 Å². The Kier molecular flexibility index (Phi) is 5.80. The maximum atomic E-state index is 4.40. The van der Waals surface area contributed by atoms with Crippen molar-refractivity contribution in [3.05, 3.63) is 52.3 Å². The summed E-state index contributed by atoms with van der Waals surface area (Å²) in [7, 11) is 2.02. The van der Waals surface area contributed by atoms with Crippen LogP contribution >= 0.6 is 15.9 Å². The van der Waals surface area contributed by atoms with Crippen LogP contribution in [0.1, 0.15) is 37.1 Å². The molecule has 2 rings (SSSR count). The Morgan fingerprint density at radius 2 is 2.05 bits per heavy atom. The average Bonchev–Trinajstić information content (AvgIpc) is 2.86. The fraction of sp³-hybridized carbons (Fsp3) is 0.438. The van der Waals surface area contributed by atoms with Gasteiger partial charge in [-0.25, -0.2) is 0 Å². The molecule has 20 heavy (non-hydrogen) atoms. The molecule has 1 aromatic carbocycles. The summed E-state index contributed by atoms with van der Waals surface area (Å²) in [5.74, 6) is 0. The highest BCUT2D eigenvalue weighted by Crippen LogP contribution is 2.26. The molecule has 1 atom stereocenters. The molecule has 3 nitrogen and oxygen atoms in total. The third-order valence-electron chi connectivity index (χ3n) is 3.61. The van der Waals surface area contributed by atoms with Gasteiger partial charge in [-0.3, -0.25) is 4.68 Å². The molecule has 2 aromatic rings. The van der Waals surface area contributed by atoms with Gasteiger partial charge in [0.05, 0.1) is 22.4 Å². The standard InChI is InChI=1S/C16H22BrN3/c1-3-20-16(14(17)12-19-20)15(18-2)11-7-10-13-8-5-4-6-9-13/h4-6,8-9,12,15,18H,3,7,10-11H2,1-2H3. The van der Waals surface area contributed by atoms with Gasteiger partial charge in [-0.1, -0.05) is 30.3 Å². The van der Waals surface area contributed by atoms with Gasteiger partial charge < -0.3 is 5.32 Å². The third-order valence-corrected chi connectivity index (χ3v) is 4.22.